The van der Waals surface area contributed by atoms with Gasteiger partial charge in [-0.1, -0.05) is 91.0 Å². The van der Waals surface area contributed by atoms with Gasteiger partial charge in [0.25, 0.3) is 5.91 Å². The first kappa shape index (κ1) is 23.8. The summed E-state index contributed by atoms with van der Waals surface area (Å²) < 4.78 is 0. The molecular weight excluding hydrogens is 410 g/mol. The van der Waals surface area contributed by atoms with Gasteiger partial charge in [-0.15, -0.1) is 0 Å². The lowest BCUT2D eigenvalue weighted by Crippen LogP contribution is -2.56. The van der Waals surface area contributed by atoms with E-state index < -0.39 is 17.0 Å². The van der Waals surface area contributed by atoms with E-state index in [-0.39, 0.29) is 5.91 Å². The van der Waals surface area contributed by atoms with Crippen LogP contribution in [0, 0.1) is 0 Å². The molecule has 0 saturated heterocycles. The fraction of sp³-hybridized carbons (Fsp3) is 0.214. The minimum Gasteiger partial charge on any atom is -0.328 e. The maximum atomic E-state index is 13.4. The van der Waals surface area contributed by atoms with Gasteiger partial charge in [0.1, 0.15) is 0 Å². The van der Waals surface area contributed by atoms with Crippen molar-refractivity contribution in [3.8, 4) is 0 Å². The van der Waals surface area contributed by atoms with E-state index in [0.717, 1.165) is 27.8 Å². The lowest BCUT2D eigenvalue weighted by molar-refractivity contribution is -0.125. The van der Waals surface area contributed by atoms with Gasteiger partial charge in [-0.05, 0) is 56.0 Å². The van der Waals surface area contributed by atoms with Crippen molar-refractivity contribution in [3.05, 3.63) is 114 Å². The number of hydrogen-bond donors (Lipinski definition) is 3. The maximum Gasteiger partial charge on any atom is 0.334 e. The highest BCUT2D eigenvalue weighted by molar-refractivity contribution is 5.93. The number of hydrogen-bond acceptors (Lipinski definition) is 2. The normalized spacial score (nSPS) is 11.4. The van der Waals surface area contributed by atoms with Gasteiger partial charge >= 0.3 is 6.03 Å². The van der Waals surface area contributed by atoms with Crippen LogP contribution in [-0.2, 0) is 15.7 Å². The number of allylic oxidation sites excluding steroid dienone is 1. The van der Waals surface area contributed by atoms with Crippen LogP contribution in [0.1, 0.15) is 49.9 Å². The molecule has 0 spiro atoms. The molecule has 3 N–H and O–H groups in total. The quantitative estimate of drug-likeness (QED) is 0.455. The molecule has 0 aliphatic carbocycles. The van der Waals surface area contributed by atoms with Crippen LogP contribution < -0.4 is 16.2 Å². The van der Waals surface area contributed by atoms with Crippen molar-refractivity contribution >= 4 is 17.5 Å². The molecule has 5 heteroatoms. The smallest absolute Gasteiger partial charge is 0.328 e. The van der Waals surface area contributed by atoms with Crippen LogP contribution in [0.2, 0.25) is 0 Å². The molecule has 0 radical (unpaired) electrons. The summed E-state index contributed by atoms with van der Waals surface area (Å²) in [6, 6.07) is 26.4. The summed E-state index contributed by atoms with van der Waals surface area (Å²) in [6.45, 7) is 11.6. The Morgan fingerprint density at radius 1 is 0.727 bits per heavy atom. The van der Waals surface area contributed by atoms with Gasteiger partial charge in [-0.3, -0.25) is 10.2 Å². The van der Waals surface area contributed by atoms with E-state index in [0.29, 0.717) is 0 Å². The lowest BCUT2D eigenvalue weighted by Gasteiger charge is -2.31. The zero-order chi connectivity index (χ0) is 24.1. The molecule has 0 aromatic heterocycles. The number of urea groups is 1. The summed E-state index contributed by atoms with van der Waals surface area (Å²) in [5, 5.41) is 2.93. The maximum absolute atomic E-state index is 13.4. The molecule has 3 aromatic carbocycles. The van der Waals surface area contributed by atoms with Crippen LogP contribution in [0.3, 0.4) is 0 Å². The van der Waals surface area contributed by atoms with Crippen molar-refractivity contribution < 1.29 is 9.59 Å². The second kappa shape index (κ2) is 9.74. The molecule has 3 rings (SSSR count). The first-order valence-corrected chi connectivity index (χ1v) is 10.9. The molecule has 33 heavy (non-hydrogen) atoms. The van der Waals surface area contributed by atoms with E-state index >= 15 is 0 Å². The molecule has 0 fully saturated rings. The third kappa shape index (κ3) is 5.32. The molecule has 0 atom stereocenters. The summed E-state index contributed by atoms with van der Waals surface area (Å²) >= 11 is 0. The van der Waals surface area contributed by atoms with Crippen LogP contribution >= 0.6 is 0 Å². The standard InChI is InChI=1S/C28H31N3O2/c1-20(2)21-13-12-18-24(19-21)27(3,4)29-26(33)31-30-25(32)28(5,22-14-8-6-9-15-22)23-16-10-7-11-17-23/h6-19H,1H2,2-5H3,(H,30,32)(H2,29,31,33). The third-order valence-electron chi connectivity index (χ3n) is 5.95. The number of carbonyl (C=O) groups is 2. The van der Waals surface area contributed by atoms with Crippen molar-refractivity contribution in [1.82, 2.24) is 16.2 Å². The lowest BCUT2D eigenvalue weighted by atomic mass is 9.75. The Balaban J connectivity index is 1.75. The third-order valence-corrected chi connectivity index (χ3v) is 5.95. The van der Waals surface area contributed by atoms with E-state index in [2.05, 4.69) is 22.7 Å². The van der Waals surface area contributed by atoms with Gasteiger partial charge in [0.05, 0.1) is 11.0 Å². The SMILES string of the molecule is C=C(C)c1cccc(C(C)(C)NC(=O)NNC(=O)C(C)(c2ccccc2)c2ccccc2)c1. The van der Waals surface area contributed by atoms with Crippen LogP contribution in [0.4, 0.5) is 4.79 Å². The number of nitrogens with one attached hydrogen (secondary N) is 3. The second-order valence-electron chi connectivity index (χ2n) is 8.88. The van der Waals surface area contributed by atoms with Crippen LogP contribution in [0.5, 0.6) is 0 Å². The van der Waals surface area contributed by atoms with Crippen LogP contribution in [0.25, 0.3) is 5.57 Å². The second-order valence-corrected chi connectivity index (χ2v) is 8.88. The van der Waals surface area contributed by atoms with Gasteiger partial charge in [0.15, 0.2) is 0 Å². The first-order chi connectivity index (χ1) is 15.6. The van der Waals surface area contributed by atoms with Crippen LogP contribution in [-0.4, -0.2) is 11.9 Å². The molecule has 3 amide bonds. The van der Waals surface area contributed by atoms with E-state index in [1.807, 2.05) is 113 Å². The highest BCUT2D eigenvalue weighted by atomic mass is 16.2. The van der Waals surface area contributed by atoms with E-state index in [9.17, 15) is 9.59 Å². The average molecular weight is 442 g/mol. The molecule has 0 bridgehead atoms. The summed E-state index contributed by atoms with van der Waals surface area (Å²) in [5.74, 6) is -0.336. The minimum absolute atomic E-state index is 0.336. The zero-order valence-electron chi connectivity index (χ0n) is 19.6. The van der Waals surface area contributed by atoms with Gasteiger partial charge in [-0.25, -0.2) is 10.2 Å². The highest BCUT2D eigenvalue weighted by Gasteiger charge is 2.37. The van der Waals surface area contributed by atoms with Gasteiger partial charge in [0, 0.05) is 0 Å². The molecule has 3 aromatic rings. The van der Waals surface area contributed by atoms with E-state index in [1.165, 1.54) is 0 Å². The number of hydrazine groups is 1. The highest BCUT2D eigenvalue weighted by Crippen LogP contribution is 2.32. The summed E-state index contributed by atoms with van der Waals surface area (Å²) in [6.07, 6.45) is 0. The molecule has 0 unspecified atom stereocenters. The number of amides is 3. The van der Waals surface area contributed by atoms with Gasteiger partial charge < -0.3 is 5.32 Å². The fourth-order valence-electron chi connectivity index (χ4n) is 3.77. The predicted molar refractivity (Wildman–Crippen MR) is 133 cm³/mol. The first-order valence-electron chi connectivity index (χ1n) is 10.9. The summed E-state index contributed by atoms with van der Waals surface area (Å²) in [4.78, 5) is 26.1. The molecule has 5 nitrogen and oxygen atoms in total. The van der Waals surface area contributed by atoms with Gasteiger partial charge in [-0.2, -0.15) is 0 Å². The molecule has 0 aliphatic rings. The summed E-state index contributed by atoms with van der Waals surface area (Å²) in [7, 11) is 0. The van der Waals surface area contributed by atoms with Crippen molar-refractivity contribution in [2.75, 3.05) is 0 Å². The number of benzene rings is 3. The molecule has 0 saturated carbocycles. The molecule has 0 heterocycles. The Hall–Kier alpha value is -3.86. The van der Waals surface area contributed by atoms with Crippen molar-refractivity contribution in [2.24, 2.45) is 0 Å². The van der Waals surface area contributed by atoms with Crippen molar-refractivity contribution in [2.45, 2.75) is 38.6 Å². The molecule has 0 aliphatic heterocycles. The fourth-order valence-corrected chi connectivity index (χ4v) is 3.77. The molecule has 170 valence electrons. The Labute approximate surface area is 195 Å². The van der Waals surface area contributed by atoms with E-state index in [1.54, 1.807) is 0 Å². The zero-order valence-corrected chi connectivity index (χ0v) is 19.6. The van der Waals surface area contributed by atoms with Crippen molar-refractivity contribution in [1.29, 1.82) is 0 Å². The van der Waals surface area contributed by atoms with Gasteiger partial charge in [0.2, 0.25) is 0 Å². The Morgan fingerprint density at radius 3 is 1.76 bits per heavy atom. The molecular formula is C28H31N3O2. The largest absolute Gasteiger partial charge is 0.334 e. The van der Waals surface area contributed by atoms with Crippen molar-refractivity contribution in [3.63, 3.8) is 0 Å². The number of carbonyl (C=O) groups excluding carboxylic acids is 2. The Kier molecular flexibility index (Phi) is 7.02. The Morgan fingerprint density at radius 2 is 1.24 bits per heavy atom. The predicted octanol–water partition coefficient (Wildman–Crippen LogP) is 5.29. The number of rotatable bonds is 6. The van der Waals surface area contributed by atoms with Crippen LogP contribution in [0.15, 0.2) is 91.5 Å². The Bertz CT molecular complexity index is 1100. The topological polar surface area (TPSA) is 70.2 Å². The minimum atomic E-state index is -0.985. The van der Waals surface area contributed by atoms with E-state index in [4.69, 9.17) is 0 Å². The summed E-state index contributed by atoms with van der Waals surface area (Å²) in [5.41, 5.74) is 8.03. The monoisotopic (exact) mass is 441 g/mol. The average Bonchev–Trinajstić information content (AvgIpc) is 2.83.